The van der Waals surface area contributed by atoms with E-state index in [1.807, 2.05) is 31.2 Å². The van der Waals surface area contributed by atoms with Gasteiger partial charge in [-0.3, -0.25) is 4.79 Å². The van der Waals surface area contributed by atoms with E-state index >= 15 is 0 Å². The van der Waals surface area contributed by atoms with Gasteiger partial charge in [0.25, 0.3) is 0 Å². The molecule has 17 heavy (non-hydrogen) atoms. The lowest BCUT2D eigenvalue weighted by Gasteiger charge is -2.02. The molecule has 0 radical (unpaired) electrons. The van der Waals surface area contributed by atoms with E-state index in [2.05, 4.69) is 15.9 Å². The zero-order valence-corrected chi connectivity index (χ0v) is 12.1. The van der Waals surface area contributed by atoms with Gasteiger partial charge in [-0.1, -0.05) is 65.0 Å². The summed E-state index contributed by atoms with van der Waals surface area (Å²) in [6.45, 7) is 2.04. The maximum atomic E-state index is 11.8. The van der Waals surface area contributed by atoms with E-state index in [9.17, 15) is 4.79 Å². The molecule has 0 aliphatic carbocycles. The van der Waals surface area contributed by atoms with Crippen LogP contribution in [-0.2, 0) is 0 Å². The SMILES string of the molecule is Cc1ccc(C(=O)CCCCCCCBr)cc1. The van der Waals surface area contributed by atoms with Crippen LogP contribution >= 0.6 is 15.9 Å². The van der Waals surface area contributed by atoms with Crippen LogP contribution in [0.4, 0.5) is 0 Å². The fourth-order valence-corrected chi connectivity index (χ4v) is 2.19. The minimum Gasteiger partial charge on any atom is -0.294 e. The molecule has 0 amide bonds. The van der Waals surface area contributed by atoms with Crippen molar-refractivity contribution in [2.24, 2.45) is 0 Å². The maximum Gasteiger partial charge on any atom is 0.162 e. The van der Waals surface area contributed by atoms with Crippen LogP contribution in [0.2, 0.25) is 0 Å². The van der Waals surface area contributed by atoms with Gasteiger partial charge in [-0.2, -0.15) is 0 Å². The first-order valence-corrected chi connectivity index (χ1v) is 7.52. The number of carbonyl (C=O) groups is 1. The quantitative estimate of drug-likeness (QED) is 0.378. The van der Waals surface area contributed by atoms with Gasteiger partial charge >= 0.3 is 0 Å². The van der Waals surface area contributed by atoms with Crippen molar-refractivity contribution in [3.05, 3.63) is 35.4 Å². The zero-order chi connectivity index (χ0) is 12.5. The highest BCUT2D eigenvalue weighted by atomic mass is 79.9. The van der Waals surface area contributed by atoms with Crippen molar-refractivity contribution in [2.45, 2.75) is 45.4 Å². The summed E-state index contributed by atoms with van der Waals surface area (Å²) in [5.41, 5.74) is 2.06. The Kier molecular flexibility index (Phi) is 7.18. The molecule has 0 N–H and O–H groups in total. The number of carbonyl (C=O) groups excluding carboxylic acids is 1. The molecule has 94 valence electrons. The molecule has 0 aromatic heterocycles. The predicted octanol–water partition coefficient (Wildman–Crippen LogP) is 4.91. The fraction of sp³-hybridized carbons (Fsp3) is 0.533. The minimum absolute atomic E-state index is 0.283. The molecule has 1 nitrogen and oxygen atoms in total. The number of hydrogen-bond acceptors (Lipinski definition) is 1. The minimum atomic E-state index is 0.283. The summed E-state index contributed by atoms with van der Waals surface area (Å²) in [6, 6.07) is 7.87. The number of hydrogen-bond donors (Lipinski definition) is 0. The highest BCUT2D eigenvalue weighted by Gasteiger charge is 2.04. The smallest absolute Gasteiger partial charge is 0.162 e. The third kappa shape index (κ3) is 6.02. The standard InChI is InChI=1S/C15H21BrO/c1-13-8-10-14(11-9-13)15(17)7-5-3-2-4-6-12-16/h8-11H,2-7,12H2,1H3. The topological polar surface area (TPSA) is 17.1 Å². The van der Waals surface area contributed by atoms with Gasteiger partial charge in [-0.05, 0) is 19.8 Å². The average molecular weight is 297 g/mol. The van der Waals surface area contributed by atoms with Crippen LogP contribution in [0, 0.1) is 6.92 Å². The number of aryl methyl sites for hydroxylation is 1. The van der Waals surface area contributed by atoms with Crippen LogP contribution in [0.25, 0.3) is 0 Å². The molecule has 0 unspecified atom stereocenters. The molecule has 2 heteroatoms. The molecule has 1 aromatic rings. The monoisotopic (exact) mass is 296 g/mol. The van der Waals surface area contributed by atoms with Gasteiger partial charge in [-0.25, -0.2) is 0 Å². The van der Waals surface area contributed by atoms with Gasteiger partial charge < -0.3 is 0 Å². The molecule has 0 heterocycles. The molecule has 1 aromatic carbocycles. The third-order valence-electron chi connectivity index (χ3n) is 2.91. The van der Waals surface area contributed by atoms with Crippen molar-refractivity contribution in [2.75, 3.05) is 5.33 Å². The van der Waals surface area contributed by atoms with Gasteiger partial charge in [0.05, 0.1) is 0 Å². The van der Waals surface area contributed by atoms with Gasteiger partial charge in [0.1, 0.15) is 0 Å². The lowest BCUT2D eigenvalue weighted by Crippen LogP contribution is -1.98. The highest BCUT2D eigenvalue weighted by Crippen LogP contribution is 2.11. The number of halogens is 1. The van der Waals surface area contributed by atoms with Crippen molar-refractivity contribution in [3.8, 4) is 0 Å². The first kappa shape index (κ1) is 14.4. The Bertz CT molecular complexity index is 329. The van der Waals surface area contributed by atoms with Crippen LogP contribution in [0.3, 0.4) is 0 Å². The lowest BCUT2D eigenvalue weighted by atomic mass is 10.0. The number of Topliss-reactive ketones (excluding diaryl/α,β-unsaturated/α-hetero) is 1. The van der Waals surface area contributed by atoms with E-state index in [4.69, 9.17) is 0 Å². The molecule has 0 saturated heterocycles. The molecular formula is C15H21BrO. The Morgan fingerprint density at radius 3 is 2.24 bits per heavy atom. The van der Waals surface area contributed by atoms with E-state index in [1.165, 1.54) is 31.2 Å². The normalized spacial score (nSPS) is 10.5. The van der Waals surface area contributed by atoms with Crippen LogP contribution < -0.4 is 0 Å². The number of unbranched alkanes of at least 4 members (excludes halogenated alkanes) is 4. The van der Waals surface area contributed by atoms with Crippen LogP contribution in [0.5, 0.6) is 0 Å². The Hall–Kier alpha value is -0.630. The Labute approximate surface area is 113 Å². The number of alkyl halides is 1. The second kappa shape index (κ2) is 8.46. The molecule has 1 rings (SSSR count). The molecular weight excluding hydrogens is 276 g/mol. The summed E-state index contributed by atoms with van der Waals surface area (Å²) in [7, 11) is 0. The molecule has 0 aliphatic rings. The average Bonchev–Trinajstić information content (AvgIpc) is 2.34. The molecule has 0 bridgehead atoms. The summed E-state index contributed by atoms with van der Waals surface area (Å²) in [5, 5.41) is 1.09. The van der Waals surface area contributed by atoms with Crippen molar-refractivity contribution in [1.29, 1.82) is 0 Å². The van der Waals surface area contributed by atoms with Crippen LogP contribution in [-0.4, -0.2) is 11.1 Å². The third-order valence-corrected chi connectivity index (χ3v) is 3.47. The Morgan fingerprint density at radius 1 is 1.00 bits per heavy atom. The van der Waals surface area contributed by atoms with E-state index in [0.717, 1.165) is 17.3 Å². The molecule has 0 fully saturated rings. The summed E-state index contributed by atoms with van der Waals surface area (Å²) >= 11 is 3.42. The summed E-state index contributed by atoms with van der Waals surface area (Å²) in [5.74, 6) is 0.283. The van der Waals surface area contributed by atoms with E-state index in [-0.39, 0.29) is 5.78 Å². The molecule has 0 atom stereocenters. The van der Waals surface area contributed by atoms with Crippen LogP contribution in [0.15, 0.2) is 24.3 Å². The van der Waals surface area contributed by atoms with Gasteiger partial charge in [0.2, 0.25) is 0 Å². The Morgan fingerprint density at radius 2 is 1.59 bits per heavy atom. The van der Waals surface area contributed by atoms with E-state index in [1.54, 1.807) is 0 Å². The number of benzene rings is 1. The van der Waals surface area contributed by atoms with Gasteiger partial charge in [-0.15, -0.1) is 0 Å². The lowest BCUT2D eigenvalue weighted by molar-refractivity contribution is 0.0979. The zero-order valence-electron chi connectivity index (χ0n) is 10.5. The fourth-order valence-electron chi connectivity index (χ4n) is 1.79. The molecule has 0 spiro atoms. The first-order valence-electron chi connectivity index (χ1n) is 6.40. The summed E-state index contributed by atoms with van der Waals surface area (Å²) < 4.78 is 0. The maximum absolute atomic E-state index is 11.8. The molecule has 0 saturated carbocycles. The van der Waals surface area contributed by atoms with E-state index < -0.39 is 0 Å². The van der Waals surface area contributed by atoms with Gasteiger partial charge in [0.15, 0.2) is 5.78 Å². The largest absolute Gasteiger partial charge is 0.294 e. The predicted molar refractivity (Wildman–Crippen MR) is 77.0 cm³/mol. The highest BCUT2D eigenvalue weighted by molar-refractivity contribution is 9.09. The molecule has 0 aliphatic heterocycles. The Balaban J connectivity index is 2.19. The number of ketones is 1. The summed E-state index contributed by atoms with van der Waals surface area (Å²) in [6.07, 6.45) is 6.64. The van der Waals surface area contributed by atoms with Gasteiger partial charge in [0, 0.05) is 17.3 Å². The van der Waals surface area contributed by atoms with E-state index in [0.29, 0.717) is 6.42 Å². The second-order valence-electron chi connectivity index (χ2n) is 4.50. The number of rotatable bonds is 8. The van der Waals surface area contributed by atoms with Crippen molar-refractivity contribution in [3.63, 3.8) is 0 Å². The summed E-state index contributed by atoms with van der Waals surface area (Å²) in [4.78, 5) is 11.8. The second-order valence-corrected chi connectivity index (χ2v) is 5.29. The van der Waals surface area contributed by atoms with Crippen molar-refractivity contribution < 1.29 is 4.79 Å². The van der Waals surface area contributed by atoms with Crippen molar-refractivity contribution in [1.82, 2.24) is 0 Å². The van der Waals surface area contributed by atoms with Crippen molar-refractivity contribution >= 4 is 21.7 Å². The van der Waals surface area contributed by atoms with Crippen LogP contribution in [0.1, 0.15) is 54.4 Å². The first-order chi connectivity index (χ1) is 8.24.